The first-order chi connectivity index (χ1) is 17.9. The summed E-state index contributed by atoms with van der Waals surface area (Å²) in [5, 5.41) is 7.21. The first kappa shape index (κ1) is 28.3. The molecular weight excluding hydrogens is 519 g/mol. The number of thiocarbonyl (C=S) groups is 1. The van der Waals surface area contributed by atoms with E-state index in [4.69, 9.17) is 12.2 Å². The van der Waals surface area contributed by atoms with Gasteiger partial charge in [0.25, 0.3) is 5.91 Å². The standard InChI is InChI=1S/C25H26F3N7O2S/c1-16(2)20-7-5-6-8-21(20)32-24(38)33-31-15-22(36)34(3)18-13-29-23(30-14-18)35(4)17-9-11-19(12-10-17)37-25(26,27)28/h5-16H,1-4H3,(H2,32,33,38). The second-order valence-electron chi connectivity index (χ2n) is 8.31. The minimum atomic E-state index is -4.76. The highest BCUT2D eigenvalue weighted by atomic mass is 32.1. The fourth-order valence-corrected chi connectivity index (χ4v) is 3.43. The zero-order valence-corrected chi connectivity index (χ0v) is 21.8. The number of amides is 1. The van der Waals surface area contributed by atoms with Crippen LogP contribution in [0.3, 0.4) is 0 Å². The number of hydrazone groups is 1. The molecule has 13 heteroatoms. The van der Waals surface area contributed by atoms with Crippen molar-refractivity contribution in [3.05, 3.63) is 66.5 Å². The molecule has 0 bridgehead atoms. The van der Waals surface area contributed by atoms with Crippen molar-refractivity contribution in [3.63, 3.8) is 0 Å². The van der Waals surface area contributed by atoms with Gasteiger partial charge in [0.2, 0.25) is 5.95 Å². The van der Waals surface area contributed by atoms with Crippen molar-refractivity contribution in [2.24, 2.45) is 5.10 Å². The average Bonchev–Trinajstić information content (AvgIpc) is 2.87. The number of anilines is 4. The molecule has 200 valence electrons. The number of aromatic nitrogens is 2. The molecule has 2 aromatic carbocycles. The lowest BCUT2D eigenvalue weighted by molar-refractivity contribution is -0.274. The summed E-state index contributed by atoms with van der Waals surface area (Å²) < 4.78 is 40.9. The lowest BCUT2D eigenvalue weighted by Gasteiger charge is -2.19. The van der Waals surface area contributed by atoms with Gasteiger partial charge in [-0.2, -0.15) is 5.10 Å². The number of carbonyl (C=O) groups excluding carboxylic acids is 1. The number of nitrogens with one attached hydrogen (secondary N) is 2. The van der Waals surface area contributed by atoms with Crippen molar-refractivity contribution in [2.75, 3.05) is 29.2 Å². The summed E-state index contributed by atoms with van der Waals surface area (Å²) in [6, 6.07) is 13.0. The third-order valence-electron chi connectivity index (χ3n) is 5.27. The molecule has 38 heavy (non-hydrogen) atoms. The minimum absolute atomic E-state index is 0.235. The number of rotatable bonds is 8. The third-order valence-corrected chi connectivity index (χ3v) is 5.47. The predicted octanol–water partition coefficient (Wildman–Crippen LogP) is 5.20. The van der Waals surface area contributed by atoms with Crippen molar-refractivity contribution in [2.45, 2.75) is 26.1 Å². The van der Waals surface area contributed by atoms with Crippen LogP contribution in [0.1, 0.15) is 25.3 Å². The fourth-order valence-electron chi connectivity index (χ4n) is 3.27. The Kier molecular flexibility index (Phi) is 9.18. The number of hydrogen-bond acceptors (Lipinski definition) is 7. The molecule has 9 nitrogen and oxygen atoms in total. The molecule has 0 radical (unpaired) electrons. The SMILES string of the molecule is CC(C)c1ccccc1NC(=S)NN=CC(=O)N(C)c1cnc(N(C)c2ccc(OC(F)(F)F)cc2)nc1. The smallest absolute Gasteiger partial charge is 0.406 e. The number of nitrogens with zero attached hydrogens (tertiary/aromatic N) is 5. The number of para-hydroxylation sites is 1. The zero-order valence-electron chi connectivity index (χ0n) is 21.0. The topological polar surface area (TPSA) is 95.0 Å². The van der Waals surface area contributed by atoms with Gasteiger partial charge in [-0.05, 0) is 54.0 Å². The van der Waals surface area contributed by atoms with Gasteiger partial charge in [0.1, 0.15) is 12.0 Å². The van der Waals surface area contributed by atoms with E-state index in [-0.39, 0.29) is 16.8 Å². The molecule has 3 aromatic rings. The Morgan fingerprint density at radius 1 is 1.05 bits per heavy atom. The number of halogens is 3. The van der Waals surface area contributed by atoms with Crippen LogP contribution in [0.5, 0.6) is 5.75 Å². The van der Waals surface area contributed by atoms with Crippen LogP contribution < -0.4 is 25.3 Å². The zero-order chi connectivity index (χ0) is 27.9. The van der Waals surface area contributed by atoms with Gasteiger partial charge in [0.05, 0.1) is 18.1 Å². The van der Waals surface area contributed by atoms with E-state index in [9.17, 15) is 18.0 Å². The van der Waals surface area contributed by atoms with Crippen LogP contribution in [0.2, 0.25) is 0 Å². The van der Waals surface area contributed by atoms with E-state index in [2.05, 4.69) is 44.4 Å². The Balaban J connectivity index is 1.56. The summed E-state index contributed by atoms with van der Waals surface area (Å²) in [6.07, 6.45) is -0.811. The molecule has 2 N–H and O–H groups in total. The van der Waals surface area contributed by atoms with E-state index >= 15 is 0 Å². The van der Waals surface area contributed by atoms with E-state index in [1.165, 1.54) is 48.6 Å². The Morgan fingerprint density at radius 3 is 2.29 bits per heavy atom. The van der Waals surface area contributed by atoms with Gasteiger partial charge in [0.15, 0.2) is 5.11 Å². The molecule has 0 fully saturated rings. The molecule has 0 aliphatic heterocycles. The van der Waals surface area contributed by atoms with Crippen molar-refractivity contribution in [1.82, 2.24) is 15.4 Å². The van der Waals surface area contributed by atoms with Crippen LogP contribution in [0.25, 0.3) is 0 Å². The summed E-state index contributed by atoms with van der Waals surface area (Å²) >= 11 is 5.26. The first-order valence-electron chi connectivity index (χ1n) is 11.3. The Morgan fingerprint density at radius 2 is 1.68 bits per heavy atom. The average molecular weight is 546 g/mol. The molecule has 0 saturated heterocycles. The number of ether oxygens (including phenoxy) is 1. The molecule has 0 atom stereocenters. The van der Waals surface area contributed by atoms with Crippen molar-refractivity contribution >= 4 is 52.5 Å². The van der Waals surface area contributed by atoms with E-state index in [0.717, 1.165) is 17.5 Å². The second-order valence-corrected chi connectivity index (χ2v) is 8.71. The Bertz CT molecular complexity index is 1280. The van der Waals surface area contributed by atoms with Gasteiger partial charge in [-0.1, -0.05) is 32.0 Å². The van der Waals surface area contributed by atoms with Crippen LogP contribution >= 0.6 is 12.2 Å². The van der Waals surface area contributed by atoms with Gasteiger partial charge in [-0.3, -0.25) is 10.2 Å². The van der Waals surface area contributed by atoms with Gasteiger partial charge in [0, 0.05) is 25.5 Å². The van der Waals surface area contributed by atoms with E-state index in [1.54, 1.807) is 11.9 Å². The number of benzene rings is 2. The summed E-state index contributed by atoms with van der Waals surface area (Å²) in [7, 11) is 3.18. The lowest BCUT2D eigenvalue weighted by Crippen LogP contribution is -2.30. The van der Waals surface area contributed by atoms with Crippen LogP contribution in [0.15, 0.2) is 66.0 Å². The molecule has 0 unspecified atom stereocenters. The normalized spacial score (nSPS) is 11.4. The molecule has 0 aliphatic rings. The van der Waals surface area contributed by atoms with E-state index < -0.39 is 12.3 Å². The summed E-state index contributed by atoms with van der Waals surface area (Å²) in [5.41, 5.74) is 5.51. The van der Waals surface area contributed by atoms with Gasteiger partial charge in [-0.25, -0.2) is 9.97 Å². The van der Waals surface area contributed by atoms with Crippen LogP contribution in [0, 0.1) is 0 Å². The molecule has 0 spiro atoms. The predicted molar refractivity (Wildman–Crippen MR) is 145 cm³/mol. The molecule has 3 rings (SSSR count). The van der Waals surface area contributed by atoms with Gasteiger partial charge in [-0.15, -0.1) is 13.2 Å². The van der Waals surface area contributed by atoms with Crippen LogP contribution in [-0.2, 0) is 4.79 Å². The van der Waals surface area contributed by atoms with Gasteiger partial charge >= 0.3 is 6.36 Å². The molecule has 1 heterocycles. The monoisotopic (exact) mass is 545 g/mol. The largest absolute Gasteiger partial charge is 0.573 e. The lowest BCUT2D eigenvalue weighted by atomic mass is 10.0. The number of carbonyl (C=O) groups is 1. The Hall–Kier alpha value is -4.26. The molecule has 0 saturated carbocycles. The van der Waals surface area contributed by atoms with Crippen molar-refractivity contribution in [3.8, 4) is 5.75 Å². The minimum Gasteiger partial charge on any atom is -0.406 e. The maximum atomic E-state index is 12.5. The fraction of sp³-hybridized carbons (Fsp3) is 0.240. The maximum absolute atomic E-state index is 12.5. The quantitative estimate of drug-likeness (QED) is 0.227. The molecule has 1 amide bonds. The van der Waals surface area contributed by atoms with Crippen LogP contribution in [-0.4, -0.2) is 47.7 Å². The summed E-state index contributed by atoms with van der Waals surface area (Å²) in [5.74, 6) is -0.216. The number of alkyl halides is 3. The Labute approximate surface area is 223 Å². The highest BCUT2D eigenvalue weighted by Gasteiger charge is 2.31. The molecule has 1 aromatic heterocycles. The van der Waals surface area contributed by atoms with E-state index in [1.807, 2.05) is 24.3 Å². The second kappa shape index (κ2) is 12.3. The number of hydrogen-bond donors (Lipinski definition) is 2. The van der Waals surface area contributed by atoms with Gasteiger partial charge < -0.3 is 19.9 Å². The van der Waals surface area contributed by atoms with Crippen LogP contribution in [0.4, 0.5) is 36.2 Å². The highest BCUT2D eigenvalue weighted by molar-refractivity contribution is 7.80. The molecule has 0 aliphatic carbocycles. The van der Waals surface area contributed by atoms with E-state index in [0.29, 0.717) is 17.3 Å². The summed E-state index contributed by atoms with van der Waals surface area (Å²) in [4.78, 5) is 23.9. The first-order valence-corrected chi connectivity index (χ1v) is 11.7. The maximum Gasteiger partial charge on any atom is 0.573 e. The highest BCUT2D eigenvalue weighted by Crippen LogP contribution is 2.27. The third kappa shape index (κ3) is 7.87. The summed E-state index contributed by atoms with van der Waals surface area (Å²) in [6.45, 7) is 4.15. The van der Waals surface area contributed by atoms with Crippen molar-refractivity contribution in [1.29, 1.82) is 0 Å². The van der Waals surface area contributed by atoms with Crippen molar-refractivity contribution < 1.29 is 22.7 Å². The molecular formula is C25H26F3N7O2S.